The van der Waals surface area contributed by atoms with Gasteiger partial charge in [-0.3, -0.25) is 0 Å². The fourth-order valence-electron chi connectivity index (χ4n) is 2.76. The maximum Gasteiger partial charge on any atom is 0.391 e. The fraction of sp³-hybridized carbons (Fsp3) is 0.750. The van der Waals surface area contributed by atoms with E-state index in [9.17, 15) is 13.2 Å². The summed E-state index contributed by atoms with van der Waals surface area (Å²) in [6.45, 7) is 0. The zero-order valence-corrected chi connectivity index (χ0v) is 15.2. The molecule has 0 nitrogen and oxygen atoms in total. The highest BCUT2D eigenvalue weighted by atomic mass is 32.2. The molecule has 1 aliphatic carbocycles. The van der Waals surface area contributed by atoms with Crippen molar-refractivity contribution in [3.8, 4) is 0 Å². The molecular formula is C16H23F3S3. The molecular weight excluding hydrogens is 345 g/mol. The zero-order chi connectivity index (χ0) is 16.0. The predicted octanol–water partition coefficient (Wildman–Crippen LogP) is 6.01. The largest absolute Gasteiger partial charge is 0.391 e. The van der Waals surface area contributed by atoms with Crippen molar-refractivity contribution in [1.29, 1.82) is 0 Å². The van der Waals surface area contributed by atoms with E-state index in [1.165, 1.54) is 11.5 Å². The number of allylic oxidation sites excluding steroid dienone is 3. The third-order valence-electron chi connectivity index (χ3n) is 4.22. The first-order valence-corrected chi connectivity index (χ1v) is 11.0. The summed E-state index contributed by atoms with van der Waals surface area (Å²) in [5, 5.41) is 0.763. The lowest BCUT2D eigenvalue weighted by atomic mass is 9.81. The molecule has 0 aromatic rings. The Balaban J connectivity index is 1.67. The van der Waals surface area contributed by atoms with Crippen LogP contribution in [0.3, 0.4) is 0 Å². The van der Waals surface area contributed by atoms with Gasteiger partial charge in [0.2, 0.25) is 0 Å². The second kappa shape index (κ2) is 8.97. The average molecular weight is 369 g/mol. The Kier molecular flexibility index (Phi) is 7.61. The molecule has 1 saturated heterocycles. The molecule has 1 heterocycles. The molecule has 126 valence electrons. The normalized spacial score (nSPS) is 34.5. The number of hydrogen-bond acceptors (Lipinski definition) is 3. The van der Waals surface area contributed by atoms with Gasteiger partial charge in [-0.2, -0.15) is 24.9 Å². The van der Waals surface area contributed by atoms with E-state index in [0.29, 0.717) is 23.3 Å². The van der Waals surface area contributed by atoms with Gasteiger partial charge in [0.25, 0.3) is 0 Å². The van der Waals surface area contributed by atoms with Gasteiger partial charge in [-0.25, -0.2) is 0 Å². The molecule has 0 aromatic carbocycles. The van der Waals surface area contributed by atoms with Crippen molar-refractivity contribution < 1.29 is 13.2 Å². The summed E-state index contributed by atoms with van der Waals surface area (Å²) in [5.74, 6) is 1.64. The molecule has 1 saturated carbocycles. The van der Waals surface area contributed by atoms with Crippen LogP contribution >= 0.6 is 35.3 Å². The highest BCUT2D eigenvalue weighted by Crippen LogP contribution is 2.40. The predicted molar refractivity (Wildman–Crippen MR) is 95.8 cm³/mol. The summed E-state index contributed by atoms with van der Waals surface area (Å²) < 4.78 is 38.3. The van der Waals surface area contributed by atoms with E-state index >= 15 is 0 Å². The van der Waals surface area contributed by atoms with Gasteiger partial charge in [-0.05, 0) is 37.9 Å². The number of alkyl halides is 3. The quantitative estimate of drug-likeness (QED) is 0.558. The molecule has 0 aromatic heterocycles. The Bertz CT molecular complexity index is 377. The van der Waals surface area contributed by atoms with Crippen molar-refractivity contribution in [3.05, 3.63) is 24.3 Å². The van der Waals surface area contributed by atoms with Crippen LogP contribution in [0.15, 0.2) is 24.3 Å². The SMILES string of the molecule is CSC1CSC(/C=C/C=C/C2CCC(C(F)(F)F)CC2)SC1. The van der Waals surface area contributed by atoms with Crippen molar-refractivity contribution in [3.63, 3.8) is 0 Å². The summed E-state index contributed by atoms with van der Waals surface area (Å²) in [4.78, 5) is 0. The molecule has 0 bridgehead atoms. The number of thioether (sulfide) groups is 3. The number of rotatable bonds is 4. The van der Waals surface area contributed by atoms with Gasteiger partial charge in [-0.1, -0.05) is 24.3 Å². The third-order valence-corrected chi connectivity index (χ3v) is 8.62. The standard InChI is InChI=1S/C16H23F3S3/c1-20-14-10-21-15(22-11-14)5-3-2-4-12-6-8-13(9-7-12)16(17,18)19/h2-5,12-15H,6-11H2,1H3/b4-2+,5-3+. The molecule has 0 N–H and O–H groups in total. The van der Waals surface area contributed by atoms with Crippen LogP contribution in [0.4, 0.5) is 13.2 Å². The average Bonchev–Trinajstić information content (AvgIpc) is 2.52. The van der Waals surface area contributed by atoms with E-state index in [-0.39, 0.29) is 12.8 Å². The maximum absolute atomic E-state index is 12.6. The summed E-state index contributed by atoms with van der Waals surface area (Å²) >= 11 is 5.90. The van der Waals surface area contributed by atoms with Crippen LogP contribution in [0.2, 0.25) is 0 Å². The minimum Gasteiger partial charge on any atom is -0.171 e. The van der Waals surface area contributed by atoms with Crippen molar-refractivity contribution in [1.82, 2.24) is 0 Å². The van der Waals surface area contributed by atoms with E-state index in [2.05, 4.69) is 24.5 Å². The lowest BCUT2D eigenvalue weighted by molar-refractivity contribution is -0.183. The van der Waals surface area contributed by atoms with Crippen molar-refractivity contribution in [2.45, 2.75) is 41.7 Å². The van der Waals surface area contributed by atoms with Crippen LogP contribution in [0, 0.1) is 11.8 Å². The number of hydrogen-bond donors (Lipinski definition) is 0. The van der Waals surface area contributed by atoms with E-state index < -0.39 is 12.1 Å². The Labute approximate surface area is 144 Å². The van der Waals surface area contributed by atoms with Crippen molar-refractivity contribution in [2.75, 3.05) is 17.8 Å². The van der Waals surface area contributed by atoms with Gasteiger partial charge < -0.3 is 0 Å². The maximum atomic E-state index is 12.6. The minimum absolute atomic E-state index is 0.284. The molecule has 1 aliphatic heterocycles. The van der Waals surface area contributed by atoms with Crippen molar-refractivity contribution in [2.24, 2.45) is 11.8 Å². The summed E-state index contributed by atoms with van der Waals surface area (Å²) in [6, 6.07) is 0. The van der Waals surface area contributed by atoms with Crippen LogP contribution in [-0.2, 0) is 0 Å². The molecule has 2 fully saturated rings. The summed E-state index contributed by atoms with van der Waals surface area (Å²) in [5.41, 5.74) is 0. The molecule has 2 rings (SSSR count). The Morgan fingerprint density at radius 1 is 0.955 bits per heavy atom. The molecule has 2 aliphatic rings. The molecule has 6 heteroatoms. The topological polar surface area (TPSA) is 0 Å². The highest BCUT2D eigenvalue weighted by Gasteiger charge is 2.40. The molecule has 0 atom stereocenters. The molecule has 22 heavy (non-hydrogen) atoms. The van der Waals surface area contributed by atoms with Crippen LogP contribution in [0.5, 0.6) is 0 Å². The van der Waals surface area contributed by atoms with Crippen LogP contribution < -0.4 is 0 Å². The Morgan fingerprint density at radius 2 is 1.55 bits per heavy atom. The van der Waals surface area contributed by atoms with Crippen molar-refractivity contribution >= 4 is 35.3 Å². The first kappa shape index (κ1) is 18.7. The van der Waals surface area contributed by atoms with Crippen LogP contribution in [0.1, 0.15) is 25.7 Å². The van der Waals surface area contributed by atoms with Gasteiger partial charge in [0.15, 0.2) is 0 Å². The lowest BCUT2D eigenvalue weighted by Gasteiger charge is -2.28. The van der Waals surface area contributed by atoms with Gasteiger partial charge >= 0.3 is 6.18 Å². The summed E-state index contributed by atoms with van der Waals surface area (Å²) in [7, 11) is 0. The zero-order valence-electron chi connectivity index (χ0n) is 12.7. The highest BCUT2D eigenvalue weighted by molar-refractivity contribution is 8.19. The third kappa shape index (κ3) is 6.08. The first-order valence-electron chi connectivity index (χ1n) is 7.66. The molecule has 0 amide bonds. The Hall–Kier alpha value is 0.320. The van der Waals surface area contributed by atoms with E-state index in [1.54, 1.807) is 0 Å². The van der Waals surface area contributed by atoms with E-state index in [4.69, 9.17) is 0 Å². The van der Waals surface area contributed by atoms with Crippen LogP contribution in [-0.4, -0.2) is 33.8 Å². The van der Waals surface area contributed by atoms with Crippen LogP contribution in [0.25, 0.3) is 0 Å². The van der Waals surface area contributed by atoms with Gasteiger partial charge in [-0.15, -0.1) is 23.5 Å². The smallest absolute Gasteiger partial charge is 0.171 e. The monoisotopic (exact) mass is 368 g/mol. The second-order valence-electron chi connectivity index (χ2n) is 5.82. The van der Waals surface area contributed by atoms with E-state index in [0.717, 1.165) is 5.25 Å². The lowest BCUT2D eigenvalue weighted by Crippen LogP contribution is -2.27. The van der Waals surface area contributed by atoms with Gasteiger partial charge in [0.05, 0.1) is 10.5 Å². The molecule has 0 unspecified atom stereocenters. The fourth-order valence-corrected chi connectivity index (χ4v) is 6.78. The van der Waals surface area contributed by atoms with Gasteiger partial charge in [0.1, 0.15) is 0 Å². The molecule has 0 radical (unpaired) electrons. The number of halogens is 3. The van der Waals surface area contributed by atoms with Gasteiger partial charge in [0, 0.05) is 16.8 Å². The van der Waals surface area contributed by atoms with E-state index in [1.807, 2.05) is 41.4 Å². The Morgan fingerprint density at radius 3 is 2.09 bits per heavy atom. The molecule has 0 spiro atoms. The second-order valence-corrected chi connectivity index (χ2v) is 9.60. The first-order chi connectivity index (χ1) is 10.5. The summed E-state index contributed by atoms with van der Waals surface area (Å²) in [6.07, 6.45) is 8.46. The minimum atomic E-state index is -4.00.